The topological polar surface area (TPSA) is 49.9 Å². The summed E-state index contributed by atoms with van der Waals surface area (Å²) >= 11 is 0. The molecule has 2 rings (SSSR count). The maximum absolute atomic E-state index is 12.8. The van der Waals surface area contributed by atoms with E-state index in [-0.39, 0.29) is 17.9 Å². The van der Waals surface area contributed by atoms with Gasteiger partial charge >= 0.3 is 0 Å². The maximum atomic E-state index is 12.8. The van der Waals surface area contributed by atoms with E-state index >= 15 is 0 Å². The van der Waals surface area contributed by atoms with Crippen molar-refractivity contribution in [3.63, 3.8) is 0 Å². The summed E-state index contributed by atoms with van der Waals surface area (Å²) in [4.78, 5) is 32.9. The van der Waals surface area contributed by atoms with Gasteiger partial charge in [-0.25, -0.2) is 5.06 Å². The Kier molecular flexibility index (Phi) is 10.2. The van der Waals surface area contributed by atoms with E-state index in [1.54, 1.807) is 19.0 Å². The van der Waals surface area contributed by atoms with Gasteiger partial charge < -0.3 is 4.90 Å². The van der Waals surface area contributed by atoms with Crippen LogP contribution in [0, 0.1) is 0 Å². The Morgan fingerprint density at radius 2 is 1.55 bits per heavy atom. The van der Waals surface area contributed by atoms with Gasteiger partial charge in [0, 0.05) is 26.9 Å². The first-order valence-corrected chi connectivity index (χ1v) is 11.3. The van der Waals surface area contributed by atoms with E-state index in [0.717, 1.165) is 18.4 Å². The highest BCUT2D eigenvalue weighted by Gasteiger charge is 2.42. The fraction of sp³-hybridized carbons (Fsp3) is 0.667. The van der Waals surface area contributed by atoms with E-state index in [1.807, 2.05) is 30.3 Å². The minimum absolute atomic E-state index is 0.0772. The molecule has 2 atom stereocenters. The maximum Gasteiger partial charge on any atom is 0.247 e. The Balaban J connectivity index is 1.80. The molecule has 0 N–H and O–H groups in total. The Bertz CT molecular complexity index is 618. The molecule has 2 amide bonds. The monoisotopic (exact) mass is 402 g/mol. The number of carbonyl (C=O) groups excluding carboxylic acids is 2. The molecule has 162 valence electrons. The molecule has 0 spiro atoms. The first-order valence-electron chi connectivity index (χ1n) is 11.3. The van der Waals surface area contributed by atoms with Gasteiger partial charge in [-0.05, 0) is 12.0 Å². The van der Waals surface area contributed by atoms with E-state index in [1.165, 1.54) is 50.0 Å². The summed E-state index contributed by atoms with van der Waals surface area (Å²) < 4.78 is 0. The van der Waals surface area contributed by atoms with Gasteiger partial charge in [-0.2, -0.15) is 0 Å². The minimum atomic E-state index is -0.540. The largest absolute Gasteiger partial charge is 0.347 e. The highest BCUT2D eigenvalue weighted by Crippen LogP contribution is 2.34. The lowest BCUT2D eigenvalue weighted by Crippen LogP contribution is -2.44. The summed E-state index contributed by atoms with van der Waals surface area (Å²) in [5, 5.41) is 1.35. The molecular weight excluding hydrogens is 364 g/mol. The van der Waals surface area contributed by atoms with Crippen LogP contribution >= 0.6 is 0 Å². The minimum Gasteiger partial charge on any atom is -0.347 e. The van der Waals surface area contributed by atoms with Crippen LogP contribution in [-0.4, -0.2) is 41.9 Å². The van der Waals surface area contributed by atoms with Gasteiger partial charge in [-0.1, -0.05) is 88.6 Å². The van der Waals surface area contributed by atoms with Crippen LogP contribution in [0.1, 0.15) is 89.2 Å². The number of hydrogen-bond acceptors (Lipinski definition) is 3. The number of hydrogen-bond donors (Lipinski definition) is 0. The van der Waals surface area contributed by atoms with Crippen LogP contribution < -0.4 is 0 Å². The zero-order valence-corrected chi connectivity index (χ0v) is 18.4. The summed E-state index contributed by atoms with van der Waals surface area (Å²) in [6, 6.07) is 9.28. The van der Waals surface area contributed by atoms with Gasteiger partial charge in [-0.3, -0.25) is 14.4 Å². The number of hydroxylamine groups is 2. The number of carbonyl (C=O) groups is 2. The molecular formula is C24H38N2O3. The molecule has 1 fully saturated rings. The van der Waals surface area contributed by atoms with Crippen molar-refractivity contribution in [3.05, 3.63) is 35.9 Å². The average molecular weight is 403 g/mol. The van der Waals surface area contributed by atoms with Gasteiger partial charge in [0.1, 0.15) is 12.1 Å². The summed E-state index contributed by atoms with van der Waals surface area (Å²) in [5.74, 6) is -0.157. The van der Waals surface area contributed by atoms with Crippen molar-refractivity contribution in [2.24, 2.45) is 0 Å². The second-order valence-electron chi connectivity index (χ2n) is 8.29. The molecule has 0 unspecified atom stereocenters. The Labute approximate surface area is 176 Å². The van der Waals surface area contributed by atoms with Gasteiger partial charge in [0.2, 0.25) is 11.8 Å². The summed E-state index contributed by atoms with van der Waals surface area (Å²) in [5.41, 5.74) is 1.00. The van der Waals surface area contributed by atoms with Crippen molar-refractivity contribution in [1.82, 2.24) is 9.96 Å². The number of rotatable bonds is 12. The van der Waals surface area contributed by atoms with E-state index < -0.39 is 6.04 Å². The molecule has 1 heterocycles. The lowest BCUT2D eigenvalue weighted by Gasteiger charge is -2.24. The van der Waals surface area contributed by atoms with Crippen LogP contribution in [0.15, 0.2) is 30.3 Å². The fourth-order valence-corrected chi connectivity index (χ4v) is 3.85. The highest BCUT2D eigenvalue weighted by molar-refractivity contribution is 5.87. The predicted molar refractivity (Wildman–Crippen MR) is 116 cm³/mol. The number of nitrogens with zero attached hydrogens (tertiary/aromatic N) is 2. The SMILES string of the molecule is CCCCCCCCCCCC(=O)N1O[C@H](c2ccccc2)C[C@@H]1C(=O)N(C)C. The lowest BCUT2D eigenvalue weighted by molar-refractivity contribution is -0.192. The molecule has 1 aliphatic rings. The quantitative estimate of drug-likeness (QED) is 0.448. The second-order valence-corrected chi connectivity index (χ2v) is 8.29. The molecule has 0 radical (unpaired) electrons. The summed E-state index contributed by atoms with van der Waals surface area (Å²) in [7, 11) is 3.45. The van der Waals surface area contributed by atoms with E-state index in [0.29, 0.717) is 12.8 Å². The normalized spacial score (nSPS) is 18.8. The third-order valence-electron chi connectivity index (χ3n) is 5.60. The fourth-order valence-electron chi connectivity index (χ4n) is 3.85. The molecule has 0 aromatic heterocycles. The zero-order valence-electron chi connectivity index (χ0n) is 18.4. The number of benzene rings is 1. The average Bonchev–Trinajstić information content (AvgIpc) is 3.18. The molecule has 0 saturated carbocycles. The predicted octanol–water partition coefficient (Wildman–Crippen LogP) is 5.27. The smallest absolute Gasteiger partial charge is 0.247 e. The third-order valence-corrected chi connectivity index (χ3v) is 5.60. The number of unbranched alkanes of at least 4 members (excludes halogenated alkanes) is 8. The van der Waals surface area contributed by atoms with Crippen molar-refractivity contribution >= 4 is 11.8 Å². The van der Waals surface area contributed by atoms with Crippen molar-refractivity contribution in [3.8, 4) is 0 Å². The van der Waals surface area contributed by atoms with Crippen molar-refractivity contribution in [1.29, 1.82) is 0 Å². The molecule has 1 aromatic rings. The second kappa shape index (κ2) is 12.6. The molecule has 1 aromatic carbocycles. The van der Waals surface area contributed by atoms with Gasteiger partial charge in [0.15, 0.2) is 0 Å². The van der Waals surface area contributed by atoms with E-state index in [4.69, 9.17) is 4.84 Å². The van der Waals surface area contributed by atoms with Crippen LogP contribution in [0.25, 0.3) is 0 Å². The van der Waals surface area contributed by atoms with Crippen LogP contribution in [0.4, 0.5) is 0 Å². The molecule has 5 nitrogen and oxygen atoms in total. The van der Waals surface area contributed by atoms with Crippen molar-refractivity contribution in [2.75, 3.05) is 14.1 Å². The molecule has 1 saturated heterocycles. The zero-order chi connectivity index (χ0) is 21.1. The van der Waals surface area contributed by atoms with Crippen molar-refractivity contribution < 1.29 is 14.4 Å². The first kappa shape index (κ1) is 23.4. The van der Waals surface area contributed by atoms with E-state index in [9.17, 15) is 9.59 Å². The lowest BCUT2D eigenvalue weighted by atomic mass is 10.0. The highest BCUT2D eigenvalue weighted by atomic mass is 16.7. The molecule has 0 bridgehead atoms. The van der Waals surface area contributed by atoms with Crippen LogP contribution in [0.2, 0.25) is 0 Å². The van der Waals surface area contributed by atoms with Gasteiger partial charge in [0.25, 0.3) is 0 Å². The number of likely N-dealkylation sites (N-methyl/N-ethyl adjacent to an activating group) is 1. The van der Waals surface area contributed by atoms with Crippen LogP contribution in [0.5, 0.6) is 0 Å². The first-order chi connectivity index (χ1) is 14.0. The molecule has 5 heteroatoms. The molecule has 0 aliphatic carbocycles. The Morgan fingerprint density at radius 3 is 2.14 bits per heavy atom. The van der Waals surface area contributed by atoms with Gasteiger partial charge in [0.05, 0.1) is 0 Å². The Hall–Kier alpha value is -1.88. The molecule has 1 aliphatic heterocycles. The van der Waals surface area contributed by atoms with Crippen LogP contribution in [-0.2, 0) is 14.4 Å². The third kappa shape index (κ3) is 7.46. The van der Waals surface area contributed by atoms with Crippen molar-refractivity contribution in [2.45, 2.75) is 89.7 Å². The summed E-state index contributed by atoms with van der Waals surface area (Å²) in [6.45, 7) is 2.24. The standard InChI is InChI=1S/C24H38N2O3/c1-4-5-6-7-8-9-10-11-15-18-23(27)26-21(24(28)25(2)3)19-22(29-26)20-16-13-12-14-17-20/h12-14,16-17,21-22H,4-11,15,18-19H2,1-3H3/t21-,22+/m1/s1. The summed E-state index contributed by atoms with van der Waals surface area (Å²) in [6.07, 6.45) is 11.6. The van der Waals surface area contributed by atoms with Crippen LogP contribution in [0.3, 0.4) is 0 Å². The molecule has 29 heavy (non-hydrogen) atoms. The Morgan fingerprint density at radius 1 is 0.966 bits per heavy atom. The van der Waals surface area contributed by atoms with Gasteiger partial charge in [-0.15, -0.1) is 0 Å². The number of amides is 2. The van der Waals surface area contributed by atoms with E-state index in [2.05, 4.69) is 6.92 Å².